The van der Waals surface area contributed by atoms with E-state index in [4.69, 9.17) is 14.5 Å². The molecule has 10 nitrogen and oxygen atoms in total. The Hall–Kier alpha value is -4.15. The zero-order chi connectivity index (χ0) is 26.3. The van der Waals surface area contributed by atoms with Gasteiger partial charge in [0.15, 0.2) is 0 Å². The van der Waals surface area contributed by atoms with Crippen LogP contribution in [0, 0.1) is 0 Å². The van der Waals surface area contributed by atoms with Gasteiger partial charge in [0.2, 0.25) is 17.7 Å². The van der Waals surface area contributed by atoms with Gasteiger partial charge in [0, 0.05) is 62.4 Å². The number of anilines is 5. The Bertz CT molecular complexity index is 1250. The summed E-state index contributed by atoms with van der Waals surface area (Å²) in [5, 5.41) is 6.06. The molecule has 198 valence electrons. The standard InChI is InChI=1S/C28H33N7O3/c1-3-26(36)30-22-5-4-6-24(19-22)38-27-25(35-15-17-37-18-16-35)20-29-28(32-27)31-21-7-9-23(10-8-21)34-13-11-33(2)12-14-34/h3-10,19-20H,1,11-18H2,2H3,(H,30,36)(H,29,31,32). The molecular weight excluding hydrogens is 482 g/mol. The maximum atomic E-state index is 11.7. The van der Waals surface area contributed by atoms with Gasteiger partial charge in [-0.1, -0.05) is 12.6 Å². The van der Waals surface area contributed by atoms with Crippen LogP contribution < -0.4 is 25.2 Å². The lowest BCUT2D eigenvalue weighted by Gasteiger charge is -2.34. The van der Waals surface area contributed by atoms with E-state index in [2.05, 4.69) is 56.1 Å². The molecule has 2 aliphatic rings. The van der Waals surface area contributed by atoms with Gasteiger partial charge in [-0.15, -0.1) is 0 Å². The molecule has 5 rings (SSSR count). The number of carbonyl (C=O) groups is 1. The van der Waals surface area contributed by atoms with E-state index in [0.717, 1.165) is 50.6 Å². The maximum absolute atomic E-state index is 11.7. The Morgan fingerprint density at radius 1 is 1.00 bits per heavy atom. The van der Waals surface area contributed by atoms with E-state index in [-0.39, 0.29) is 5.91 Å². The zero-order valence-electron chi connectivity index (χ0n) is 21.6. The predicted molar refractivity (Wildman–Crippen MR) is 150 cm³/mol. The summed E-state index contributed by atoms with van der Waals surface area (Å²) in [4.78, 5) is 27.9. The number of nitrogens with zero attached hydrogens (tertiary/aromatic N) is 5. The normalized spacial score (nSPS) is 16.1. The molecular formula is C28H33N7O3. The topological polar surface area (TPSA) is 95.1 Å². The van der Waals surface area contributed by atoms with Crippen LogP contribution in [0.1, 0.15) is 0 Å². The van der Waals surface area contributed by atoms with Gasteiger partial charge >= 0.3 is 0 Å². The first-order valence-electron chi connectivity index (χ1n) is 12.8. The summed E-state index contributed by atoms with van der Waals surface area (Å²) in [6.45, 7) is 10.4. The van der Waals surface area contributed by atoms with Crippen molar-refractivity contribution < 1.29 is 14.3 Å². The third-order valence-electron chi connectivity index (χ3n) is 6.58. The minimum atomic E-state index is -0.289. The summed E-state index contributed by atoms with van der Waals surface area (Å²) < 4.78 is 11.8. The molecule has 2 aromatic carbocycles. The SMILES string of the molecule is C=CC(=O)Nc1cccc(Oc2nc(Nc3ccc(N4CCN(C)CC4)cc3)ncc2N2CCOCC2)c1. The number of hydrogen-bond donors (Lipinski definition) is 2. The molecule has 0 atom stereocenters. The fraction of sp³-hybridized carbons (Fsp3) is 0.321. The number of amides is 1. The first-order valence-corrected chi connectivity index (χ1v) is 12.8. The second kappa shape index (κ2) is 11.9. The molecule has 0 unspecified atom stereocenters. The quantitative estimate of drug-likeness (QED) is 0.435. The van der Waals surface area contributed by atoms with Crippen molar-refractivity contribution in [1.29, 1.82) is 0 Å². The Kier molecular flexibility index (Phi) is 8.01. The van der Waals surface area contributed by atoms with Crippen LogP contribution in [0.5, 0.6) is 11.6 Å². The van der Waals surface area contributed by atoms with Crippen molar-refractivity contribution in [3.63, 3.8) is 0 Å². The first kappa shape index (κ1) is 25.5. The third kappa shape index (κ3) is 6.39. The number of hydrogen-bond acceptors (Lipinski definition) is 9. The molecule has 0 aliphatic carbocycles. The van der Waals surface area contributed by atoms with Gasteiger partial charge in [0.1, 0.15) is 11.4 Å². The summed E-state index contributed by atoms with van der Waals surface area (Å²) in [6, 6.07) is 15.5. The van der Waals surface area contributed by atoms with Crippen molar-refractivity contribution in [3.05, 3.63) is 67.4 Å². The first-order chi connectivity index (χ1) is 18.6. The van der Waals surface area contributed by atoms with Crippen molar-refractivity contribution >= 4 is 34.6 Å². The predicted octanol–water partition coefficient (Wildman–Crippen LogP) is 3.73. The second-order valence-corrected chi connectivity index (χ2v) is 9.27. The number of rotatable bonds is 8. The van der Waals surface area contributed by atoms with Gasteiger partial charge in [-0.05, 0) is 49.5 Å². The highest BCUT2D eigenvalue weighted by atomic mass is 16.5. The fourth-order valence-corrected chi connectivity index (χ4v) is 4.41. The van der Waals surface area contributed by atoms with Gasteiger partial charge in [0.05, 0.1) is 19.4 Å². The van der Waals surface area contributed by atoms with Crippen LogP contribution in [0.4, 0.5) is 28.7 Å². The van der Waals surface area contributed by atoms with Gasteiger partial charge < -0.3 is 34.8 Å². The van der Waals surface area contributed by atoms with Crippen LogP contribution in [-0.2, 0) is 9.53 Å². The van der Waals surface area contributed by atoms with Gasteiger partial charge in [-0.25, -0.2) is 4.98 Å². The Labute approximate surface area is 222 Å². The molecule has 2 N–H and O–H groups in total. The van der Waals surface area contributed by atoms with E-state index in [0.29, 0.717) is 36.5 Å². The highest BCUT2D eigenvalue weighted by Crippen LogP contribution is 2.33. The van der Waals surface area contributed by atoms with E-state index in [1.165, 1.54) is 11.8 Å². The number of piperazine rings is 1. The summed E-state index contributed by atoms with van der Waals surface area (Å²) in [7, 11) is 2.16. The molecule has 1 amide bonds. The highest BCUT2D eigenvalue weighted by Gasteiger charge is 2.20. The monoisotopic (exact) mass is 515 g/mol. The third-order valence-corrected chi connectivity index (χ3v) is 6.58. The molecule has 3 heterocycles. The van der Waals surface area contributed by atoms with Crippen molar-refractivity contribution in [2.75, 3.05) is 80.0 Å². The number of morpholine rings is 1. The van der Waals surface area contributed by atoms with Crippen LogP contribution in [-0.4, -0.2) is 80.3 Å². The summed E-state index contributed by atoms with van der Waals surface area (Å²) in [5.41, 5.74) is 3.49. The molecule has 2 aliphatic heterocycles. The lowest BCUT2D eigenvalue weighted by Crippen LogP contribution is -2.44. The Balaban J connectivity index is 1.35. The van der Waals surface area contributed by atoms with Crippen LogP contribution in [0.25, 0.3) is 0 Å². The molecule has 1 aromatic heterocycles. The van der Waals surface area contributed by atoms with E-state index in [1.54, 1.807) is 18.3 Å². The summed E-state index contributed by atoms with van der Waals surface area (Å²) >= 11 is 0. The lowest BCUT2D eigenvalue weighted by atomic mass is 10.2. The minimum Gasteiger partial charge on any atom is -0.437 e. The summed E-state index contributed by atoms with van der Waals surface area (Å²) in [5.74, 6) is 1.11. The van der Waals surface area contributed by atoms with Gasteiger partial charge in [-0.3, -0.25) is 4.79 Å². The van der Waals surface area contributed by atoms with Gasteiger partial charge in [-0.2, -0.15) is 4.98 Å². The Morgan fingerprint density at radius 3 is 2.50 bits per heavy atom. The van der Waals surface area contributed by atoms with E-state index < -0.39 is 0 Å². The molecule has 0 radical (unpaired) electrons. The molecule has 3 aromatic rings. The summed E-state index contributed by atoms with van der Waals surface area (Å²) in [6.07, 6.45) is 3.00. The van der Waals surface area contributed by atoms with Crippen LogP contribution in [0.2, 0.25) is 0 Å². The van der Waals surface area contributed by atoms with Crippen molar-refractivity contribution in [2.45, 2.75) is 0 Å². The molecule has 0 saturated carbocycles. The molecule has 0 spiro atoms. The molecule has 10 heteroatoms. The lowest BCUT2D eigenvalue weighted by molar-refractivity contribution is -0.111. The van der Waals surface area contributed by atoms with E-state index >= 15 is 0 Å². The van der Waals surface area contributed by atoms with Crippen molar-refractivity contribution in [1.82, 2.24) is 14.9 Å². The zero-order valence-corrected chi connectivity index (χ0v) is 21.6. The number of nitrogens with one attached hydrogen (secondary N) is 2. The molecule has 0 bridgehead atoms. The number of benzene rings is 2. The molecule has 2 saturated heterocycles. The average Bonchev–Trinajstić information content (AvgIpc) is 2.95. The molecule has 2 fully saturated rings. The van der Waals surface area contributed by atoms with Crippen LogP contribution in [0.3, 0.4) is 0 Å². The average molecular weight is 516 g/mol. The number of likely N-dealkylation sites (N-methyl/N-ethyl adjacent to an activating group) is 1. The largest absolute Gasteiger partial charge is 0.437 e. The van der Waals surface area contributed by atoms with Crippen molar-refractivity contribution in [3.8, 4) is 11.6 Å². The van der Waals surface area contributed by atoms with Crippen LogP contribution in [0.15, 0.2) is 67.4 Å². The Morgan fingerprint density at radius 2 is 1.76 bits per heavy atom. The highest BCUT2D eigenvalue weighted by molar-refractivity contribution is 5.98. The fourth-order valence-electron chi connectivity index (χ4n) is 4.41. The van der Waals surface area contributed by atoms with E-state index in [9.17, 15) is 4.79 Å². The maximum Gasteiger partial charge on any atom is 0.248 e. The minimum absolute atomic E-state index is 0.289. The molecule has 38 heavy (non-hydrogen) atoms. The number of aromatic nitrogens is 2. The number of ether oxygens (including phenoxy) is 2. The second-order valence-electron chi connectivity index (χ2n) is 9.27. The number of carbonyl (C=O) groups excluding carboxylic acids is 1. The van der Waals surface area contributed by atoms with E-state index in [1.807, 2.05) is 24.3 Å². The van der Waals surface area contributed by atoms with Crippen molar-refractivity contribution in [2.24, 2.45) is 0 Å². The van der Waals surface area contributed by atoms with Gasteiger partial charge in [0.25, 0.3) is 0 Å². The van der Waals surface area contributed by atoms with Crippen LogP contribution >= 0.6 is 0 Å². The smallest absolute Gasteiger partial charge is 0.248 e.